The van der Waals surface area contributed by atoms with Crippen molar-refractivity contribution in [3.05, 3.63) is 0 Å². The molecule has 1 aliphatic heterocycles. The second kappa shape index (κ2) is 11.7. The molecule has 0 saturated carbocycles. The van der Waals surface area contributed by atoms with Crippen LogP contribution in [0.3, 0.4) is 0 Å². The molecule has 0 radical (unpaired) electrons. The van der Waals surface area contributed by atoms with E-state index in [0.29, 0.717) is 6.42 Å². The molecule has 154 valence electrons. The van der Waals surface area contributed by atoms with Gasteiger partial charge in [0.25, 0.3) is 0 Å². The van der Waals surface area contributed by atoms with E-state index in [9.17, 15) is 14.4 Å². The van der Waals surface area contributed by atoms with Gasteiger partial charge in [0.2, 0.25) is 17.7 Å². The van der Waals surface area contributed by atoms with Crippen molar-refractivity contribution in [3.8, 4) is 0 Å². The van der Waals surface area contributed by atoms with E-state index in [4.69, 9.17) is 0 Å². The highest BCUT2D eigenvalue weighted by Crippen LogP contribution is 2.11. The molecule has 3 N–H and O–H groups in total. The number of rotatable bonds is 9. The minimum absolute atomic E-state index is 0.0225. The van der Waals surface area contributed by atoms with Crippen LogP contribution >= 0.6 is 0 Å². The Morgan fingerprint density at radius 3 is 2.41 bits per heavy atom. The van der Waals surface area contributed by atoms with E-state index in [1.165, 1.54) is 6.92 Å². The molecule has 0 aromatic rings. The minimum Gasteiger partial charge on any atom is -0.347 e. The lowest BCUT2D eigenvalue weighted by Gasteiger charge is -2.27. The highest BCUT2D eigenvalue weighted by Gasteiger charge is 2.30. The molecule has 0 bridgehead atoms. The Labute approximate surface area is 163 Å². The van der Waals surface area contributed by atoms with Crippen LogP contribution in [0.4, 0.5) is 0 Å². The number of hydrogen-bond donors (Lipinski definition) is 3. The summed E-state index contributed by atoms with van der Waals surface area (Å²) in [5, 5.41) is 8.58. The van der Waals surface area contributed by atoms with Crippen molar-refractivity contribution in [2.24, 2.45) is 16.8 Å². The molecule has 7 heteroatoms. The van der Waals surface area contributed by atoms with Crippen molar-refractivity contribution in [2.75, 3.05) is 6.54 Å². The number of nitrogens with zero attached hydrogens (tertiary/aromatic N) is 1. The van der Waals surface area contributed by atoms with Crippen molar-refractivity contribution in [1.29, 1.82) is 0 Å². The normalized spacial score (nSPS) is 20.3. The van der Waals surface area contributed by atoms with Crippen LogP contribution in [0.15, 0.2) is 4.99 Å². The molecule has 1 heterocycles. The summed E-state index contributed by atoms with van der Waals surface area (Å²) in [5.74, 6) is -0.539. The van der Waals surface area contributed by atoms with Gasteiger partial charge in [-0.3, -0.25) is 19.4 Å². The smallest absolute Gasteiger partial charge is 0.243 e. The number of hydrogen-bond acceptors (Lipinski definition) is 4. The zero-order chi connectivity index (χ0) is 20.4. The molecule has 0 aliphatic carbocycles. The average Bonchev–Trinajstić information content (AvgIpc) is 2.86. The van der Waals surface area contributed by atoms with E-state index in [2.05, 4.69) is 20.9 Å². The number of amides is 3. The van der Waals surface area contributed by atoms with Crippen LogP contribution in [0.2, 0.25) is 0 Å². The standard InChI is InChI=1S/C20H36N4O3/c1-6-14(4)18(22-15(5)25)20(27)24-17(11-13(2)3)19(26)23-16-9-7-8-10-21-12-16/h12-14,16-18H,6-11H2,1-5H3,(H,22,25)(H,23,26)(H,24,27)/t14-,16-,17-,18-/m0/s1. The van der Waals surface area contributed by atoms with Crippen molar-refractivity contribution in [1.82, 2.24) is 16.0 Å². The summed E-state index contributed by atoms with van der Waals surface area (Å²) in [6, 6.07) is -1.36. The summed E-state index contributed by atoms with van der Waals surface area (Å²) in [6.45, 7) is 10.1. The van der Waals surface area contributed by atoms with Crippen LogP contribution in [0.5, 0.6) is 0 Å². The molecule has 0 spiro atoms. The molecule has 0 unspecified atom stereocenters. The monoisotopic (exact) mass is 380 g/mol. The van der Waals surface area contributed by atoms with Gasteiger partial charge in [-0.25, -0.2) is 0 Å². The Morgan fingerprint density at radius 2 is 1.81 bits per heavy atom. The SMILES string of the molecule is CC[C@H](C)[C@H](NC(C)=O)C(=O)N[C@@H](CC(C)C)C(=O)N[C@@H]1C=NCCCC1. The van der Waals surface area contributed by atoms with Crippen molar-refractivity contribution < 1.29 is 14.4 Å². The number of carbonyl (C=O) groups excluding carboxylic acids is 3. The van der Waals surface area contributed by atoms with Crippen LogP contribution in [0.1, 0.15) is 66.7 Å². The van der Waals surface area contributed by atoms with E-state index in [-0.39, 0.29) is 35.6 Å². The Bertz CT molecular complexity index is 533. The van der Waals surface area contributed by atoms with Crippen molar-refractivity contribution in [2.45, 2.75) is 84.8 Å². The first-order chi connectivity index (χ1) is 12.7. The first-order valence-electron chi connectivity index (χ1n) is 10.1. The molecule has 0 saturated heterocycles. The molecule has 0 aromatic carbocycles. The summed E-state index contributed by atoms with van der Waals surface area (Å²) in [6.07, 6.45) is 6.00. The number of nitrogens with one attached hydrogen (secondary N) is 3. The van der Waals surface area contributed by atoms with Crippen LogP contribution < -0.4 is 16.0 Å². The van der Waals surface area contributed by atoms with Crippen LogP contribution in [-0.4, -0.2) is 48.6 Å². The summed E-state index contributed by atoms with van der Waals surface area (Å²) in [5.41, 5.74) is 0. The van der Waals surface area contributed by atoms with Gasteiger partial charge in [0.1, 0.15) is 12.1 Å². The maximum absolute atomic E-state index is 12.8. The van der Waals surface area contributed by atoms with E-state index in [0.717, 1.165) is 32.2 Å². The zero-order valence-corrected chi connectivity index (χ0v) is 17.4. The largest absolute Gasteiger partial charge is 0.347 e. The Balaban J connectivity index is 2.82. The van der Waals surface area contributed by atoms with Crippen LogP contribution in [0, 0.1) is 11.8 Å². The second-order valence-corrected chi connectivity index (χ2v) is 7.92. The fourth-order valence-electron chi connectivity index (χ4n) is 3.12. The zero-order valence-electron chi connectivity index (χ0n) is 17.4. The topological polar surface area (TPSA) is 99.7 Å². The van der Waals surface area contributed by atoms with E-state index in [1.54, 1.807) is 6.21 Å². The minimum atomic E-state index is -0.644. The lowest BCUT2D eigenvalue weighted by molar-refractivity contribution is -0.133. The van der Waals surface area contributed by atoms with Crippen LogP contribution in [0.25, 0.3) is 0 Å². The quantitative estimate of drug-likeness (QED) is 0.569. The van der Waals surface area contributed by atoms with Gasteiger partial charge in [0.05, 0.1) is 6.04 Å². The highest BCUT2D eigenvalue weighted by atomic mass is 16.2. The summed E-state index contributed by atoms with van der Waals surface area (Å²) >= 11 is 0. The van der Waals surface area contributed by atoms with Gasteiger partial charge < -0.3 is 16.0 Å². The summed E-state index contributed by atoms with van der Waals surface area (Å²) in [7, 11) is 0. The van der Waals surface area contributed by atoms with Gasteiger partial charge in [-0.05, 0) is 37.5 Å². The molecule has 0 fully saturated rings. The summed E-state index contributed by atoms with van der Waals surface area (Å²) < 4.78 is 0. The first kappa shape index (κ1) is 23.1. The van der Waals surface area contributed by atoms with Crippen molar-refractivity contribution >= 4 is 23.9 Å². The third kappa shape index (κ3) is 8.54. The lowest BCUT2D eigenvalue weighted by Crippen LogP contribution is -2.56. The molecule has 3 amide bonds. The molecule has 0 aromatic heterocycles. The molecule has 1 rings (SSSR count). The fraction of sp³-hybridized carbons (Fsp3) is 0.800. The van der Waals surface area contributed by atoms with E-state index in [1.807, 2.05) is 27.7 Å². The van der Waals surface area contributed by atoms with E-state index < -0.39 is 12.1 Å². The molecule has 4 atom stereocenters. The predicted octanol–water partition coefficient (Wildman–Crippen LogP) is 1.81. The molecular weight excluding hydrogens is 344 g/mol. The Hall–Kier alpha value is -1.92. The first-order valence-corrected chi connectivity index (χ1v) is 10.1. The third-order valence-electron chi connectivity index (χ3n) is 4.86. The molecular formula is C20H36N4O3. The molecule has 27 heavy (non-hydrogen) atoms. The van der Waals surface area contributed by atoms with Gasteiger partial charge >= 0.3 is 0 Å². The lowest BCUT2D eigenvalue weighted by atomic mass is 9.96. The van der Waals surface area contributed by atoms with E-state index >= 15 is 0 Å². The number of carbonyl (C=O) groups is 3. The molecule has 7 nitrogen and oxygen atoms in total. The van der Waals surface area contributed by atoms with Gasteiger partial charge in [0, 0.05) is 19.7 Å². The van der Waals surface area contributed by atoms with Gasteiger partial charge in [-0.15, -0.1) is 0 Å². The Kier molecular flexibility index (Phi) is 10.0. The average molecular weight is 381 g/mol. The third-order valence-corrected chi connectivity index (χ3v) is 4.86. The predicted molar refractivity (Wildman–Crippen MR) is 108 cm³/mol. The maximum Gasteiger partial charge on any atom is 0.243 e. The fourth-order valence-corrected chi connectivity index (χ4v) is 3.12. The van der Waals surface area contributed by atoms with Crippen molar-refractivity contribution in [3.63, 3.8) is 0 Å². The Morgan fingerprint density at radius 1 is 1.11 bits per heavy atom. The molecule has 1 aliphatic rings. The summed E-state index contributed by atoms with van der Waals surface area (Å²) in [4.78, 5) is 41.4. The van der Waals surface area contributed by atoms with Gasteiger partial charge in [-0.1, -0.05) is 34.1 Å². The number of aliphatic imine (C=N–C) groups is 1. The van der Waals surface area contributed by atoms with Crippen LogP contribution in [-0.2, 0) is 14.4 Å². The van der Waals surface area contributed by atoms with Gasteiger partial charge in [0.15, 0.2) is 0 Å². The van der Waals surface area contributed by atoms with Gasteiger partial charge in [-0.2, -0.15) is 0 Å². The second-order valence-electron chi connectivity index (χ2n) is 7.92. The maximum atomic E-state index is 12.8. The highest BCUT2D eigenvalue weighted by molar-refractivity contribution is 5.92.